The molecule has 2 aliphatic rings. The number of ether oxygens (including phenoxy) is 2. The Labute approximate surface area is 152 Å². The van der Waals surface area contributed by atoms with Crippen LogP contribution >= 0.6 is 0 Å². The largest absolute Gasteiger partial charge is 0.490 e. The average molecular weight is 372 g/mol. The minimum Gasteiger partial charge on any atom is -0.490 e. The highest BCUT2D eigenvalue weighted by atomic mass is 19.4. The first-order chi connectivity index (χ1) is 12.4. The molecule has 4 nitrogen and oxygen atoms in total. The molecule has 1 saturated carbocycles. The van der Waals surface area contributed by atoms with Crippen molar-refractivity contribution in [1.82, 2.24) is 10.2 Å². The molecule has 3 rings (SSSR count). The molecule has 1 saturated heterocycles. The van der Waals surface area contributed by atoms with Crippen LogP contribution in [0.2, 0.25) is 0 Å². The van der Waals surface area contributed by atoms with E-state index in [1.165, 1.54) is 12.8 Å². The number of rotatable bonds is 8. The van der Waals surface area contributed by atoms with Gasteiger partial charge in [0.25, 0.3) is 0 Å². The number of hydrogen-bond acceptors (Lipinski definition) is 4. The first-order valence-corrected chi connectivity index (χ1v) is 9.37. The summed E-state index contributed by atoms with van der Waals surface area (Å²) in [4.78, 5) is 2.58. The van der Waals surface area contributed by atoms with E-state index in [4.69, 9.17) is 9.47 Å². The zero-order valence-corrected chi connectivity index (χ0v) is 15.1. The molecule has 2 fully saturated rings. The standard InChI is InChI=1S/C19H27F3N2O2/c1-2-25-18-11-14(3-6-17(18)26-13-19(20,21)22)12-23-15-7-9-24(10-8-15)16-4-5-16/h3,6,11,15-16,23H,2,4-5,7-10,12-13H2,1H3. The Morgan fingerprint density at radius 1 is 1.08 bits per heavy atom. The van der Waals surface area contributed by atoms with Gasteiger partial charge in [-0.1, -0.05) is 6.07 Å². The molecule has 1 aromatic carbocycles. The van der Waals surface area contributed by atoms with Crippen LogP contribution in [0.5, 0.6) is 11.5 Å². The van der Waals surface area contributed by atoms with Gasteiger partial charge in [-0.25, -0.2) is 0 Å². The first-order valence-electron chi connectivity index (χ1n) is 9.37. The molecule has 0 amide bonds. The molecule has 1 N–H and O–H groups in total. The maximum atomic E-state index is 12.4. The fraction of sp³-hybridized carbons (Fsp3) is 0.684. The van der Waals surface area contributed by atoms with Gasteiger partial charge in [-0.05, 0) is 63.4 Å². The van der Waals surface area contributed by atoms with Crippen LogP contribution in [-0.2, 0) is 6.54 Å². The molecular formula is C19H27F3N2O2. The van der Waals surface area contributed by atoms with E-state index in [9.17, 15) is 13.2 Å². The Morgan fingerprint density at radius 2 is 1.81 bits per heavy atom. The molecule has 0 aromatic heterocycles. The van der Waals surface area contributed by atoms with Crippen molar-refractivity contribution < 1.29 is 22.6 Å². The fourth-order valence-corrected chi connectivity index (χ4v) is 3.38. The summed E-state index contributed by atoms with van der Waals surface area (Å²) in [6, 6.07) is 6.43. The second kappa shape index (κ2) is 8.48. The Morgan fingerprint density at radius 3 is 2.42 bits per heavy atom. The minimum absolute atomic E-state index is 0.130. The van der Waals surface area contributed by atoms with Crippen LogP contribution < -0.4 is 14.8 Å². The van der Waals surface area contributed by atoms with Gasteiger partial charge in [0, 0.05) is 18.6 Å². The van der Waals surface area contributed by atoms with Crippen molar-refractivity contribution in [2.75, 3.05) is 26.3 Å². The summed E-state index contributed by atoms with van der Waals surface area (Å²) < 4.78 is 47.4. The molecule has 0 radical (unpaired) electrons. The summed E-state index contributed by atoms with van der Waals surface area (Å²) in [7, 11) is 0. The molecule has 7 heteroatoms. The highest BCUT2D eigenvalue weighted by Gasteiger charge is 2.31. The third kappa shape index (κ3) is 5.77. The third-order valence-electron chi connectivity index (χ3n) is 4.89. The van der Waals surface area contributed by atoms with Crippen molar-refractivity contribution in [2.24, 2.45) is 0 Å². The molecule has 0 unspecified atom stereocenters. The Bertz CT molecular complexity index is 583. The quantitative estimate of drug-likeness (QED) is 0.754. The highest BCUT2D eigenvalue weighted by Crippen LogP contribution is 2.31. The van der Waals surface area contributed by atoms with Crippen LogP contribution in [0.3, 0.4) is 0 Å². The van der Waals surface area contributed by atoms with Gasteiger partial charge in [0.15, 0.2) is 18.1 Å². The van der Waals surface area contributed by atoms with E-state index in [2.05, 4.69) is 10.2 Å². The fourth-order valence-electron chi connectivity index (χ4n) is 3.38. The molecule has 146 valence electrons. The van der Waals surface area contributed by atoms with E-state index >= 15 is 0 Å². The van der Waals surface area contributed by atoms with E-state index in [1.807, 2.05) is 0 Å². The van der Waals surface area contributed by atoms with Gasteiger partial charge in [-0.2, -0.15) is 13.2 Å². The molecule has 26 heavy (non-hydrogen) atoms. The van der Waals surface area contributed by atoms with Gasteiger partial charge < -0.3 is 19.7 Å². The molecular weight excluding hydrogens is 345 g/mol. The number of nitrogens with zero attached hydrogens (tertiary/aromatic N) is 1. The van der Waals surface area contributed by atoms with Gasteiger partial charge >= 0.3 is 6.18 Å². The van der Waals surface area contributed by atoms with E-state index in [0.29, 0.717) is 24.9 Å². The van der Waals surface area contributed by atoms with Crippen molar-refractivity contribution in [3.8, 4) is 11.5 Å². The van der Waals surface area contributed by atoms with E-state index in [0.717, 1.165) is 37.5 Å². The lowest BCUT2D eigenvalue weighted by atomic mass is 10.0. The van der Waals surface area contributed by atoms with Gasteiger partial charge in [0.1, 0.15) is 0 Å². The van der Waals surface area contributed by atoms with Gasteiger partial charge in [-0.3, -0.25) is 0 Å². The van der Waals surface area contributed by atoms with Crippen LogP contribution in [0.25, 0.3) is 0 Å². The van der Waals surface area contributed by atoms with Gasteiger partial charge in [0.05, 0.1) is 6.61 Å². The van der Waals surface area contributed by atoms with E-state index < -0.39 is 12.8 Å². The zero-order valence-electron chi connectivity index (χ0n) is 15.1. The van der Waals surface area contributed by atoms with Gasteiger partial charge in [0.2, 0.25) is 0 Å². The predicted molar refractivity (Wildman–Crippen MR) is 93.6 cm³/mol. The number of halogens is 3. The Balaban J connectivity index is 1.51. The summed E-state index contributed by atoms with van der Waals surface area (Å²) in [6.45, 7) is 3.83. The highest BCUT2D eigenvalue weighted by molar-refractivity contribution is 5.43. The average Bonchev–Trinajstić information content (AvgIpc) is 3.44. The molecule has 1 aliphatic carbocycles. The van der Waals surface area contributed by atoms with Crippen LogP contribution in [0, 0.1) is 0 Å². The molecule has 0 bridgehead atoms. The summed E-state index contributed by atoms with van der Waals surface area (Å²) in [5.41, 5.74) is 0.984. The third-order valence-corrected chi connectivity index (χ3v) is 4.89. The second-order valence-corrected chi connectivity index (χ2v) is 7.04. The SMILES string of the molecule is CCOc1cc(CNC2CCN(C3CC3)CC2)ccc1OCC(F)(F)F. The molecule has 0 spiro atoms. The number of likely N-dealkylation sites (tertiary alicyclic amines) is 1. The number of nitrogens with one attached hydrogen (secondary N) is 1. The molecule has 1 aliphatic heterocycles. The van der Waals surface area contributed by atoms with Crippen molar-refractivity contribution in [1.29, 1.82) is 0 Å². The van der Waals surface area contributed by atoms with E-state index in [1.54, 1.807) is 25.1 Å². The van der Waals surface area contributed by atoms with Crippen LogP contribution in [-0.4, -0.2) is 49.5 Å². The van der Waals surface area contributed by atoms with Crippen molar-refractivity contribution >= 4 is 0 Å². The minimum atomic E-state index is -4.36. The smallest absolute Gasteiger partial charge is 0.422 e. The first kappa shape index (κ1) is 19.3. The number of piperidine rings is 1. The van der Waals surface area contributed by atoms with Crippen molar-refractivity contribution in [3.63, 3.8) is 0 Å². The second-order valence-electron chi connectivity index (χ2n) is 7.04. The summed E-state index contributed by atoms with van der Waals surface area (Å²) >= 11 is 0. The van der Waals surface area contributed by atoms with Crippen LogP contribution in [0.4, 0.5) is 13.2 Å². The van der Waals surface area contributed by atoms with Crippen molar-refractivity contribution in [2.45, 2.75) is 57.4 Å². The maximum Gasteiger partial charge on any atom is 0.422 e. The lowest BCUT2D eigenvalue weighted by Gasteiger charge is -2.32. The zero-order chi connectivity index (χ0) is 18.6. The number of hydrogen-bond donors (Lipinski definition) is 1. The Kier molecular flexibility index (Phi) is 6.29. The normalized spacial score (nSPS) is 19.5. The van der Waals surface area contributed by atoms with E-state index in [-0.39, 0.29) is 5.75 Å². The molecule has 1 aromatic rings. The number of alkyl halides is 3. The topological polar surface area (TPSA) is 33.7 Å². The lowest BCUT2D eigenvalue weighted by Crippen LogP contribution is -2.43. The summed E-state index contributed by atoms with van der Waals surface area (Å²) in [5, 5.41) is 3.56. The summed E-state index contributed by atoms with van der Waals surface area (Å²) in [6.07, 6.45) is 0.615. The predicted octanol–water partition coefficient (Wildman–Crippen LogP) is 3.74. The van der Waals surface area contributed by atoms with Gasteiger partial charge in [-0.15, -0.1) is 0 Å². The van der Waals surface area contributed by atoms with Crippen molar-refractivity contribution in [3.05, 3.63) is 23.8 Å². The lowest BCUT2D eigenvalue weighted by molar-refractivity contribution is -0.153. The molecule has 1 heterocycles. The maximum absolute atomic E-state index is 12.4. The van der Waals surface area contributed by atoms with Crippen LogP contribution in [0.15, 0.2) is 18.2 Å². The monoisotopic (exact) mass is 372 g/mol. The summed E-state index contributed by atoms with van der Waals surface area (Å²) in [5.74, 6) is 0.491. The number of benzene rings is 1. The molecule has 0 atom stereocenters. The van der Waals surface area contributed by atoms with Crippen LogP contribution in [0.1, 0.15) is 38.2 Å². The Hall–Kier alpha value is -1.47.